The summed E-state index contributed by atoms with van der Waals surface area (Å²) in [6.07, 6.45) is 1.28. The maximum Gasteiger partial charge on any atom is 0.0589 e. The Hall–Kier alpha value is -0.120. The highest BCUT2D eigenvalue weighted by Crippen LogP contribution is 2.11. The van der Waals surface area contributed by atoms with E-state index in [9.17, 15) is 0 Å². The van der Waals surface area contributed by atoms with Crippen molar-refractivity contribution in [2.24, 2.45) is 0 Å². The molecule has 0 amide bonds. The molecule has 1 N–H and O–H groups in total. The van der Waals surface area contributed by atoms with Crippen LogP contribution < -0.4 is 5.32 Å². The van der Waals surface area contributed by atoms with E-state index in [4.69, 9.17) is 4.74 Å². The zero-order valence-corrected chi connectivity index (χ0v) is 9.05. The zero-order chi connectivity index (χ0) is 9.68. The third kappa shape index (κ3) is 3.25. The molecule has 1 heterocycles. The summed E-state index contributed by atoms with van der Waals surface area (Å²) >= 11 is 0. The highest BCUT2D eigenvalue weighted by molar-refractivity contribution is 4.82. The number of rotatable bonds is 5. The number of ether oxygens (including phenoxy) is 1. The van der Waals surface area contributed by atoms with E-state index < -0.39 is 0 Å². The molecule has 0 radical (unpaired) electrons. The van der Waals surface area contributed by atoms with Crippen LogP contribution in [0.3, 0.4) is 0 Å². The zero-order valence-electron chi connectivity index (χ0n) is 9.05. The second-order valence-electron chi connectivity index (χ2n) is 3.97. The van der Waals surface area contributed by atoms with E-state index in [1.807, 2.05) is 0 Å². The average Bonchev–Trinajstić information content (AvgIpc) is 2.57. The molecule has 0 aromatic heterocycles. The molecule has 1 atom stereocenters. The summed E-state index contributed by atoms with van der Waals surface area (Å²) in [6, 6.07) is 1.34. The average molecular weight is 186 g/mol. The van der Waals surface area contributed by atoms with E-state index >= 15 is 0 Å². The van der Waals surface area contributed by atoms with Crippen LogP contribution in [0, 0.1) is 0 Å². The number of nitrogens with one attached hydrogen (secondary N) is 1. The Morgan fingerprint density at radius 2 is 2.31 bits per heavy atom. The smallest absolute Gasteiger partial charge is 0.0589 e. The topological polar surface area (TPSA) is 24.5 Å². The van der Waals surface area contributed by atoms with Crippen LogP contribution in [-0.4, -0.2) is 50.3 Å². The van der Waals surface area contributed by atoms with E-state index in [1.165, 1.54) is 13.0 Å². The fraction of sp³-hybridized carbons (Fsp3) is 1.00. The van der Waals surface area contributed by atoms with Gasteiger partial charge in [0.05, 0.1) is 6.61 Å². The molecule has 0 bridgehead atoms. The van der Waals surface area contributed by atoms with E-state index in [2.05, 4.69) is 24.1 Å². The molecule has 1 aliphatic heterocycles. The molecule has 0 saturated carbocycles. The van der Waals surface area contributed by atoms with Gasteiger partial charge in [0.25, 0.3) is 0 Å². The van der Waals surface area contributed by atoms with Crippen LogP contribution in [0.5, 0.6) is 0 Å². The van der Waals surface area contributed by atoms with Gasteiger partial charge in [-0.25, -0.2) is 0 Å². The first-order chi connectivity index (χ1) is 6.25. The van der Waals surface area contributed by atoms with E-state index in [1.54, 1.807) is 7.11 Å². The van der Waals surface area contributed by atoms with Gasteiger partial charge < -0.3 is 10.1 Å². The summed E-state index contributed by atoms with van der Waals surface area (Å²) in [4.78, 5) is 2.53. The first kappa shape index (κ1) is 11.0. The van der Waals surface area contributed by atoms with Crippen LogP contribution in [0.2, 0.25) is 0 Å². The lowest BCUT2D eigenvalue weighted by Gasteiger charge is -2.31. The molecule has 1 saturated heterocycles. The maximum absolute atomic E-state index is 5.12. The molecule has 3 nitrogen and oxygen atoms in total. The number of methoxy groups -OCH3 is 1. The van der Waals surface area contributed by atoms with Gasteiger partial charge in [0.2, 0.25) is 0 Å². The summed E-state index contributed by atoms with van der Waals surface area (Å²) in [7, 11) is 1.77. The highest BCUT2D eigenvalue weighted by atomic mass is 16.5. The predicted molar refractivity (Wildman–Crippen MR) is 55.0 cm³/mol. The van der Waals surface area contributed by atoms with Crippen molar-refractivity contribution in [3.05, 3.63) is 0 Å². The van der Waals surface area contributed by atoms with Crippen LogP contribution in [0.25, 0.3) is 0 Å². The van der Waals surface area contributed by atoms with Crippen LogP contribution in [0.4, 0.5) is 0 Å². The lowest BCUT2D eigenvalue weighted by molar-refractivity contribution is 0.102. The van der Waals surface area contributed by atoms with Crippen molar-refractivity contribution in [1.82, 2.24) is 10.2 Å². The summed E-state index contributed by atoms with van der Waals surface area (Å²) in [5.41, 5.74) is 0. The molecule has 78 valence electrons. The van der Waals surface area contributed by atoms with Gasteiger partial charge in [-0.15, -0.1) is 0 Å². The van der Waals surface area contributed by atoms with Crippen molar-refractivity contribution in [2.45, 2.75) is 32.4 Å². The Morgan fingerprint density at radius 1 is 1.54 bits per heavy atom. The fourth-order valence-electron chi connectivity index (χ4n) is 1.98. The minimum atomic E-state index is 0.625. The van der Waals surface area contributed by atoms with Crippen molar-refractivity contribution in [2.75, 3.05) is 33.4 Å². The second-order valence-corrected chi connectivity index (χ2v) is 3.97. The molecule has 0 aromatic carbocycles. The molecule has 1 rings (SSSR count). The standard InChI is InChI=1S/C10H22N2O/c1-9(2)12(6-7-13-3)10-4-5-11-8-10/h9-11H,4-8H2,1-3H3. The third-order valence-electron chi connectivity index (χ3n) is 2.72. The molecular weight excluding hydrogens is 164 g/mol. The summed E-state index contributed by atoms with van der Waals surface area (Å²) < 4.78 is 5.12. The van der Waals surface area contributed by atoms with Crippen LogP contribution >= 0.6 is 0 Å². The molecule has 1 aliphatic rings. The Labute approximate surface area is 81.4 Å². The van der Waals surface area contributed by atoms with Gasteiger partial charge in [0.1, 0.15) is 0 Å². The van der Waals surface area contributed by atoms with Crippen molar-refractivity contribution >= 4 is 0 Å². The first-order valence-corrected chi connectivity index (χ1v) is 5.21. The molecular formula is C10H22N2O. The van der Waals surface area contributed by atoms with Crippen molar-refractivity contribution in [1.29, 1.82) is 0 Å². The fourth-order valence-corrected chi connectivity index (χ4v) is 1.98. The van der Waals surface area contributed by atoms with Gasteiger partial charge in [0, 0.05) is 32.3 Å². The monoisotopic (exact) mass is 186 g/mol. The summed E-state index contributed by atoms with van der Waals surface area (Å²) in [6.45, 7) is 8.72. The molecule has 0 spiro atoms. The van der Waals surface area contributed by atoms with E-state index in [-0.39, 0.29) is 0 Å². The quantitative estimate of drug-likeness (QED) is 0.684. The maximum atomic E-state index is 5.12. The molecule has 13 heavy (non-hydrogen) atoms. The van der Waals surface area contributed by atoms with Gasteiger partial charge in [-0.05, 0) is 26.8 Å². The van der Waals surface area contributed by atoms with Crippen LogP contribution in [-0.2, 0) is 4.74 Å². The molecule has 1 unspecified atom stereocenters. The van der Waals surface area contributed by atoms with Gasteiger partial charge in [0.15, 0.2) is 0 Å². The van der Waals surface area contributed by atoms with Crippen molar-refractivity contribution in [3.8, 4) is 0 Å². The van der Waals surface area contributed by atoms with Crippen molar-refractivity contribution in [3.63, 3.8) is 0 Å². The first-order valence-electron chi connectivity index (χ1n) is 5.21. The Bertz CT molecular complexity index is 133. The normalized spacial score (nSPS) is 23.3. The van der Waals surface area contributed by atoms with Crippen LogP contribution in [0.15, 0.2) is 0 Å². The third-order valence-corrected chi connectivity index (χ3v) is 2.72. The molecule has 0 aromatic rings. The predicted octanol–water partition coefficient (Wildman–Crippen LogP) is 0.705. The molecule has 3 heteroatoms. The number of nitrogens with zero attached hydrogens (tertiary/aromatic N) is 1. The van der Waals surface area contributed by atoms with Gasteiger partial charge in [-0.3, -0.25) is 4.90 Å². The molecule has 1 fully saturated rings. The Kier molecular flexibility index (Phi) is 4.70. The Balaban J connectivity index is 2.36. The summed E-state index contributed by atoms with van der Waals surface area (Å²) in [5.74, 6) is 0. The Morgan fingerprint density at radius 3 is 2.77 bits per heavy atom. The molecule has 0 aliphatic carbocycles. The second kappa shape index (κ2) is 5.58. The van der Waals surface area contributed by atoms with Gasteiger partial charge in [-0.1, -0.05) is 0 Å². The van der Waals surface area contributed by atoms with E-state index in [0.717, 1.165) is 25.7 Å². The van der Waals surface area contributed by atoms with Gasteiger partial charge >= 0.3 is 0 Å². The largest absolute Gasteiger partial charge is 0.383 e. The van der Waals surface area contributed by atoms with Crippen LogP contribution in [0.1, 0.15) is 20.3 Å². The highest BCUT2D eigenvalue weighted by Gasteiger charge is 2.23. The SMILES string of the molecule is COCCN(C(C)C)C1CCNC1. The minimum absolute atomic E-state index is 0.625. The number of hydrogen-bond donors (Lipinski definition) is 1. The number of hydrogen-bond acceptors (Lipinski definition) is 3. The summed E-state index contributed by atoms with van der Waals surface area (Å²) in [5, 5.41) is 3.40. The lowest BCUT2D eigenvalue weighted by Crippen LogP contribution is -2.43. The van der Waals surface area contributed by atoms with E-state index in [0.29, 0.717) is 6.04 Å². The van der Waals surface area contributed by atoms with Crippen molar-refractivity contribution < 1.29 is 4.74 Å². The minimum Gasteiger partial charge on any atom is -0.383 e. The van der Waals surface area contributed by atoms with Gasteiger partial charge in [-0.2, -0.15) is 0 Å². The lowest BCUT2D eigenvalue weighted by atomic mass is 10.2.